The van der Waals surface area contributed by atoms with Crippen molar-refractivity contribution in [2.45, 2.75) is 11.4 Å². The van der Waals surface area contributed by atoms with E-state index in [4.69, 9.17) is 9.15 Å². The number of rotatable bonds is 9. The number of methoxy groups -OCH3 is 2. The summed E-state index contributed by atoms with van der Waals surface area (Å²) in [5.74, 6) is -0.733. The number of esters is 1. The highest BCUT2D eigenvalue weighted by atomic mass is 32.2. The molecule has 0 radical (unpaired) electrons. The van der Waals surface area contributed by atoms with Crippen LogP contribution < -0.4 is 0 Å². The number of aromatic nitrogens is 1. The van der Waals surface area contributed by atoms with Gasteiger partial charge in [0.2, 0.25) is 15.9 Å². The van der Waals surface area contributed by atoms with Crippen LogP contribution in [0.15, 0.2) is 39.8 Å². The van der Waals surface area contributed by atoms with Gasteiger partial charge in [0, 0.05) is 25.8 Å². The number of nitrogens with zero attached hydrogens (tertiary/aromatic N) is 3. The summed E-state index contributed by atoms with van der Waals surface area (Å²) in [5.41, 5.74) is -0.320. The van der Waals surface area contributed by atoms with Crippen LogP contribution in [0.4, 0.5) is 5.69 Å². The van der Waals surface area contributed by atoms with Gasteiger partial charge in [-0.25, -0.2) is 18.2 Å². The molecule has 0 fully saturated rings. The molecular formula is C15H17N3O8S. The average Bonchev–Trinajstić information content (AvgIpc) is 3.13. The summed E-state index contributed by atoms with van der Waals surface area (Å²) in [5, 5.41) is 10.7. The smallest absolute Gasteiger partial charge is 0.360 e. The fourth-order valence-corrected chi connectivity index (χ4v) is 3.47. The van der Waals surface area contributed by atoms with Crippen LogP contribution in [0.1, 0.15) is 16.4 Å². The minimum absolute atomic E-state index is 0.0167. The molecule has 0 aliphatic heterocycles. The largest absolute Gasteiger partial charge is 0.464 e. The predicted octanol–water partition coefficient (Wildman–Crippen LogP) is 1.21. The van der Waals surface area contributed by atoms with Crippen molar-refractivity contribution >= 4 is 21.7 Å². The van der Waals surface area contributed by atoms with E-state index in [1.165, 1.54) is 14.2 Å². The summed E-state index contributed by atoms with van der Waals surface area (Å²) in [6, 6.07) is 4.48. The SMILES string of the molecule is COCCN(Cc1nc(C(=O)OC)co1)S(=O)(=O)c1ccc([N+](=O)[O-])cc1. The van der Waals surface area contributed by atoms with Crippen LogP contribution in [0, 0.1) is 10.1 Å². The maximum atomic E-state index is 12.9. The Morgan fingerprint density at radius 3 is 2.52 bits per heavy atom. The van der Waals surface area contributed by atoms with Gasteiger partial charge in [-0.3, -0.25) is 10.1 Å². The zero-order valence-corrected chi connectivity index (χ0v) is 15.3. The number of carbonyl (C=O) groups excluding carboxylic acids is 1. The number of carbonyl (C=O) groups is 1. The highest BCUT2D eigenvalue weighted by molar-refractivity contribution is 7.89. The summed E-state index contributed by atoms with van der Waals surface area (Å²) < 4.78 is 41.3. The summed E-state index contributed by atoms with van der Waals surface area (Å²) >= 11 is 0. The molecule has 0 saturated heterocycles. The summed E-state index contributed by atoms with van der Waals surface area (Å²) in [7, 11) is -1.42. The molecule has 1 aromatic carbocycles. The fraction of sp³-hybridized carbons (Fsp3) is 0.333. The maximum absolute atomic E-state index is 12.9. The lowest BCUT2D eigenvalue weighted by Crippen LogP contribution is -2.33. The van der Waals surface area contributed by atoms with E-state index in [-0.39, 0.29) is 41.9 Å². The molecule has 0 aliphatic carbocycles. The fourth-order valence-electron chi connectivity index (χ4n) is 2.10. The number of nitro groups is 1. The number of oxazole rings is 1. The van der Waals surface area contributed by atoms with Gasteiger partial charge >= 0.3 is 5.97 Å². The van der Waals surface area contributed by atoms with Gasteiger partial charge in [-0.05, 0) is 12.1 Å². The van der Waals surface area contributed by atoms with Gasteiger partial charge in [-0.1, -0.05) is 0 Å². The molecule has 1 heterocycles. The lowest BCUT2D eigenvalue weighted by Gasteiger charge is -2.20. The lowest BCUT2D eigenvalue weighted by molar-refractivity contribution is -0.384. The third kappa shape index (κ3) is 4.87. The van der Waals surface area contributed by atoms with E-state index < -0.39 is 20.9 Å². The van der Waals surface area contributed by atoms with E-state index in [2.05, 4.69) is 9.72 Å². The minimum atomic E-state index is -4.02. The van der Waals surface area contributed by atoms with Crippen molar-refractivity contribution in [3.8, 4) is 0 Å². The van der Waals surface area contributed by atoms with Gasteiger partial charge < -0.3 is 13.9 Å². The standard InChI is InChI=1S/C15H17N3O8S/c1-24-8-7-17(9-14-16-13(10-26-14)15(19)25-2)27(22,23)12-5-3-11(4-6-12)18(20)21/h3-6,10H,7-9H2,1-2H3. The molecule has 0 amide bonds. The summed E-state index contributed by atoms with van der Waals surface area (Å²) in [6.07, 6.45) is 1.06. The molecule has 1 aromatic heterocycles. The molecule has 11 nitrogen and oxygen atoms in total. The lowest BCUT2D eigenvalue weighted by atomic mass is 10.3. The van der Waals surface area contributed by atoms with E-state index in [0.717, 1.165) is 34.8 Å². The molecule has 27 heavy (non-hydrogen) atoms. The normalized spacial score (nSPS) is 11.5. The molecule has 0 aliphatic rings. The monoisotopic (exact) mass is 399 g/mol. The molecule has 0 spiro atoms. The van der Waals surface area contributed by atoms with Gasteiger partial charge in [0.05, 0.1) is 30.1 Å². The Hall–Kier alpha value is -2.83. The summed E-state index contributed by atoms with van der Waals surface area (Å²) in [6.45, 7) is -0.192. The average molecular weight is 399 g/mol. The van der Waals surface area contributed by atoms with Crippen molar-refractivity contribution in [2.24, 2.45) is 0 Å². The topological polar surface area (TPSA) is 142 Å². The third-order valence-electron chi connectivity index (χ3n) is 3.49. The van der Waals surface area contributed by atoms with Crippen LogP contribution in [0.3, 0.4) is 0 Å². The second-order valence-corrected chi connectivity index (χ2v) is 7.14. The predicted molar refractivity (Wildman–Crippen MR) is 90.4 cm³/mol. The highest BCUT2D eigenvalue weighted by Crippen LogP contribution is 2.21. The molecule has 2 aromatic rings. The quantitative estimate of drug-likeness (QED) is 0.345. The first-order valence-electron chi connectivity index (χ1n) is 7.56. The van der Waals surface area contributed by atoms with Crippen LogP contribution in [-0.2, 0) is 26.0 Å². The Balaban J connectivity index is 2.29. The van der Waals surface area contributed by atoms with E-state index in [9.17, 15) is 23.3 Å². The summed E-state index contributed by atoms with van der Waals surface area (Å²) in [4.78, 5) is 25.3. The van der Waals surface area contributed by atoms with Crippen LogP contribution in [-0.4, -0.2) is 56.0 Å². The van der Waals surface area contributed by atoms with E-state index in [1.54, 1.807) is 0 Å². The minimum Gasteiger partial charge on any atom is -0.464 e. The molecule has 0 N–H and O–H groups in total. The molecular weight excluding hydrogens is 382 g/mol. The number of benzene rings is 1. The highest BCUT2D eigenvalue weighted by Gasteiger charge is 2.27. The number of sulfonamides is 1. The molecule has 2 rings (SSSR count). The van der Waals surface area contributed by atoms with Gasteiger partial charge in [-0.2, -0.15) is 4.31 Å². The van der Waals surface area contributed by atoms with E-state index in [1.807, 2.05) is 0 Å². The molecule has 0 unspecified atom stereocenters. The third-order valence-corrected chi connectivity index (χ3v) is 5.35. The van der Waals surface area contributed by atoms with Gasteiger partial charge in [0.25, 0.3) is 5.69 Å². The van der Waals surface area contributed by atoms with Crippen molar-refractivity contribution in [3.63, 3.8) is 0 Å². The van der Waals surface area contributed by atoms with Crippen LogP contribution in [0.2, 0.25) is 0 Å². The van der Waals surface area contributed by atoms with Gasteiger partial charge in [0.1, 0.15) is 6.26 Å². The first kappa shape index (κ1) is 20.5. The van der Waals surface area contributed by atoms with E-state index >= 15 is 0 Å². The second kappa shape index (κ2) is 8.70. The zero-order valence-electron chi connectivity index (χ0n) is 14.5. The van der Waals surface area contributed by atoms with Crippen molar-refractivity contribution in [1.82, 2.24) is 9.29 Å². The number of hydrogen-bond donors (Lipinski definition) is 0. The number of nitro benzene ring substituents is 1. The van der Waals surface area contributed by atoms with Crippen molar-refractivity contribution < 1.29 is 32.0 Å². The van der Waals surface area contributed by atoms with Crippen LogP contribution in [0.5, 0.6) is 0 Å². The van der Waals surface area contributed by atoms with Crippen LogP contribution in [0.25, 0.3) is 0 Å². The maximum Gasteiger partial charge on any atom is 0.360 e. The molecule has 12 heteroatoms. The first-order chi connectivity index (χ1) is 12.8. The van der Waals surface area contributed by atoms with E-state index in [0.29, 0.717) is 0 Å². The Morgan fingerprint density at radius 1 is 1.30 bits per heavy atom. The number of ether oxygens (including phenoxy) is 2. The second-order valence-electron chi connectivity index (χ2n) is 5.20. The van der Waals surface area contributed by atoms with Gasteiger partial charge in [-0.15, -0.1) is 0 Å². The van der Waals surface area contributed by atoms with Crippen molar-refractivity contribution in [3.05, 3.63) is 52.2 Å². The molecule has 146 valence electrons. The zero-order chi connectivity index (χ0) is 20.0. The Kier molecular flexibility index (Phi) is 6.60. The van der Waals surface area contributed by atoms with Crippen molar-refractivity contribution in [1.29, 1.82) is 0 Å². The Bertz CT molecular complexity index is 907. The number of hydrogen-bond acceptors (Lipinski definition) is 9. The van der Waals surface area contributed by atoms with Gasteiger partial charge in [0.15, 0.2) is 5.69 Å². The molecule has 0 saturated carbocycles. The number of non-ortho nitro benzene ring substituents is 1. The Morgan fingerprint density at radius 2 is 1.96 bits per heavy atom. The Labute approximate surface area is 154 Å². The van der Waals surface area contributed by atoms with Crippen molar-refractivity contribution in [2.75, 3.05) is 27.4 Å². The molecule has 0 atom stereocenters. The molecule has 0 bridgehead atoms. The van der Waals surface area contributed by atoms with Crippen LogP contribution >= 0.6 is 0 Å². The first-order valence-corrected chi connectivity index (χ1v) is 9.00.